The smallest absolute Gasteiger partial charge is 0.134 e. The molecule has 2 rings (SSSR count). The van der Waals surface area contributed by atoms with Crippen LogP contribution in [-0.4, -0.2) is 9.55 Å². The second-order valence-electron chi connectivity index (χ2n) is 4.36. The van der Waals surface area contributed by atoms with E-state index in [0.717, 1.165) is 25.2 Å². The van der Waals surface area contributed by atoms with E-state index in [1.165, 1.54) is 6.07 Å². The predicted octanol–water partition coefficient (Wildman–Crippen LogP) is 3.90. The number of aromatic nitrogens is 2. The zero-order chi connectivity index (χ0) is 14.0. The first kappa shape index (κ1) is 13.9. The fourth-order valence-corrected chi connectivity index (χ4v) is 2.42. The highest BCUT2D eigenvalue weighted by molar-refractivity contribution is 6.33. The second-order valence-corrected chi connectivity index (χ2v) is 4.77. The largest absolute Gasteiger partial charge is 0.383 e. The highest BCUT2D eigenvalue weighted by Gasteiger charge is 2.19. The van der Waals surface area contributed by atoms with Crippen molar-refractivity contribution in [2.24, 2.45) is 0 Å². The van der Waals surface area contributed by atoms with Gasteiger partial charge >= 0.3 is 0 Å². The molecule has 0 saturated heterocycles. The Hall–Kier alpha value is -1.55. The van der Waals surface area contributed by atoms with Crippen LogP contribution >= 0.6 is 11.6 Å². The van der Waals surface area contributed by atoms with Gasteiger partial charge < -0.3 is 10.3 Å². The fourth-order valence-electron chi connectivity index (χ4n) is 2.16. The van der Waals surface area contributed by atoms with Gasteiger partial charge in [0.25, 0.3) is 0 Å². The van der Waals surface area contributed by atoms with Gasteiger partial charge in [0.2, 0.25) is 0 Å². The monoisotopic (exact) mass is 281 g/mol. The normalized spacial score (nSPS) is 10.9. The summed E-state index contributed by atoms with van der Waals surface area (Å²) >= 11 is 6.07. The Bertz CT molecular complexity index is 572. The summed E-state index contributed by atoms with van der Waals surface area (Å²) in [5.74, 6) is 0.933. The Morgan fingerprint density at radius 1 is 1.37 bits per heavy atom. The van der Waals surface area contributed by atoms with Crippen LogP contribution in [0.4, 0.5) is 10.2 Å². The Morgan fingerprint density at radius 3 is 2.68 bits per heavy atom. The van der Waals surface area contributed by atoms with Crippen LogP contribution in [0, 0.1) is 5.82 Å². The van der Waals surface area contributed by atoms with Gasteiger partial charge in [0, 0.05) is 13.0 Å². The third-order valence-electron chi connectivity index (χ3n) is 3.05. The van der Waals surface area contributed by atoms with Gasteiger partial charge in [-0.3, -0.25) is 0 Å². The lowest BCUT2D eigenvalue weighted by Crippen LogP contribution is -2.06. The van der Waals surface area contributed by atoms with Crippen molar-refractivity contribution in [2.75, 3.05) is 5.73 Å². The summed E-state index contributed by atoms with van der Waals surface area (Å²) in [6.07, 6.45) is 1.69. The number of nitrogens with zero attached hydrogens (tertiary/aromatic N) is 2. The summed E-state index contributed by atoms with van der Waals surface area (Å²) in [5.41, 5.74) is 6.83. The maximum Gasteiger partial charge on any atom is 0.134 e. The number of benzene rings is 1. The first-order valence-electron chi connectivity index (χ1n) is 6.39. The number of hydrogen-bond donors (Lipinski definition) is 1. The maximum atomic E-state index is 14.0. The third-order valence-corrected chi connectivity index (χ3v) is 3.36. The molecule has 5 heteroatoms. The Balaban J connectivity index is 2.63. The molecule has 3 nitrogen and oxygen atoms in total. The summed E-state index contributed by atoms with van der Waals surface area (Å²) in [7, 11) is 0. The molecule has 0 unspecified atom stereocenters. The predicted molar refractivity (Wildman–Crippen MR) is 76.7 cm³/mol. The second kappa shape index (κ2) is 5.61. The van der Waals surface area contributed by atoms with E-state index in [1.807, 2.05) is 11.5 Å². The molecule has 2 aromatic rings. The van der Waals surface area contributed by atoms with Gasteiger partial charge in [-0.05, 0) is 18.6 Å². The average molecular weight is 282 g/mol. The summed E-state index contributed by atoms with van der Waals surface area (Å²) in [6, 6.07) is 4.58. The minimum atomic E-state index is -0.400. The Kier molecular flexibility index (Phi) is 4.10. The van der Waals surface area contributed by atoms with E-state index >= 15 is 0 Å². The van der Waals surface area contributed by atoms with Crippen molar-refractivity contribution >= 4 is 17.4 Å². The number of imidazole rings is 1. The number of halogens is 2. The van der Waals surface area contributed by atoms with Crippen LogP contribution in [0.5, 0.6) is 0 Å². The van der Waals surface area contributed by atoms with Gasteiger partial charge in [-0.25, -0.2) is 9.37 Å². The van der Waals surface area contributed by atoms with Crippen LogP contribution in [0.1, 0.15) is 26.1 Å². The molecule has 0 fully saturated rings. The lowest BCUT2D eigenvalue weighted by atomic mass is 10.1. The number of aryl methyl sites for hydroxylation is 1. The highest BCUT2D eigenvalue weighted by atomic mass is 35.5. The molecule has 0 radical (unpaired) electrons. The molecule has 19 heavy (non-hydrogen) atoms. The molecule has 0 aliphatic carbocycles. The number of anilines is 1. The molecule has 0 saturated carbocycles. The molecule has 0 aliphatic rings. The van der Waals surface area contributed by atoms with Crippen LogP contribution in [0.15, 0.2) is 18.2 Å². The number of rotatable bonds is 4. The topological polar surface area (TPSA) is 43.8 Å². The van der Waals surface area contributed by atoms with E-state index in [0.29, 0.717) is 16.5 Å². The maximum absolute atomic E-state index is 14.0. The summed E-state index contributed by atoms with van der Waals surface area (Å²) in [4.78, 5) is 4.45. The Labute approximate surface area is 117 Å². The summed E-state index contributed by atoms with van der Waals surface area (Å²) in [6.45, 7) is 4.84. The molecule has 2 N–H and O–H groups in total. The minimum Gasteiger partial charge on any atom is -0.383 e. The van der Waals surface area contributed by atoms with Crippen molar-refractivity contribution in [1.29, 1.82) is 0 Å². The molecule has 0 amide bonds. The highest BCUT2D eigenvalue weighted by Crippen LogP contribution is 2.34. The fraction of sp³-hybridized carbons (Fsp3) is 0.357. The molecular formula is C14H17ClFN3. The molecule has 0 spiro atoms. The lowest BCUT2D eigenvalue weighted by molar-refractivity contribution is 0.631. The third kappa shape index (κ3) is 2.45. The van der Waals surface area contributed by atoms with Crippen molar-refractivity contribution < 1.29 is 4.39 Å². The zero-order valence-electron chi connectivity index (χ0n) is 11.1. The van der Waals surface area contributed by atoms with Gasteiger partial charge in [-0.15, -0.1) is 0 Å². The number of nitrogen functional groups attached to an aromatic ring is 1. The first-order chi connectivity index (χ1) is 9.10. The standard InChI is InChI=1S/C14H17ClFN3/c1-3-8-19-11(4-2)18-13(14(19)17)12-9(15)6-5-7-10(12)16/h5-7H,3-4,8,17H2,1-2H3. The summed E-state index contributed by atoms with van der Waals surface area (Å²) in [5, 5.41) is 0.329. The van der Waals surface area contributed by atoms with Crippen LogP contribution in [-0.2, 0) is 13.0 Å². The SMILES string of the molecule is CCCn1c(CC)nc(-c2c(F)cccc2Cl)c1N. The van der Waals surface area contributed by atoms with Crippen molar-refractivity contribution in [3.05, 3.63) is 34.9 Å². The van der Waals surface area contributed by atoms with Gasteiger partial charge in [0.15, 0.2) is 0 Å². The molecule has 0 aliphatic heterocycles. The van der Waals surface area contributed by atoms with E-state index in [1.54, 1.807) is 12.1 Å². The van der Waals surface area contributed by atoms with Crippen LogP contribution in [0.2, 0.25) is 5.02 Å². The number of nitrogens with two attached hydrogens (primary N) is 1. The van der Waals surface area contributed by atoms with Crippen LogP contribution in [0.25, 0.3) is 11.3 Å². The summed E-state index contributed by atoms with van der Waals surface area (Å²) < 4.78 is 15.9. The van der Waals surface area contributed by atoms with Crippen molar-refractivity contribution in [3.63, 3.8) is 0 Å². The van der Waals surface area contributed by atoms with E-state index in [9.17, 15) is 4.39 Å². The van der Waals surface area contributed by atoms with Crippen molar-refractivity contribution in [2.45, 2.75) is 33.2 Å². The zero-order valence-corrected chi connectivity index (χ0v) is 11.8. The molecular weight excluding hydrogens is 265 g/mol. The molecule has 1 heterocycles. The molecule has 1 aromatic heterocycles. The van der Waals surface area contributed by atoms with Gasteiger partial charge in [0.1, 0.15) is 23.2 Å². The Morgan fingerprint density at radius 2 is 2.11 bits per heavy atom. The van der Waals surface area contributed by atoms with Gasteiger partial charge in [0.05, 0.1) is 10.6 Å². The van der Waals surface area contributed by atoms with E-state index in [4.69, 9.17) is 17.3 Å². The lowest BCUT2D eigenvalue weighted by Gasteiger charge is -2.07. The van der Waals surface area contributed by atoms with Crippen LogP contribution < -0.4 is 5.73 Å². The molecule has 102 valence electrons. The molecule has 0 atom stereocenters. The van der Waals surface area contributed by atoms with E-state index < -0.39 is 5.82 Å². The number of hydrogen-bond acceptors (Lipinski definition) is 2. The minimum absolute atomic E-state index is 0.284. The molecule has 1 aromatic carbocycles. The van der Waals surface area contributed by atoms with Crippen molar-refractivity contribution in [1.82, 2.24) is 9.55 Å². The van der Waals surface area contributed by atoms with Gasteiger partial charge in [-0.1, -0.05) is 31.5 Å². The molecule has 0 bridgehead atoms. The van der Waals surface area contributed by atoms with Gasteiger partial charge in [-0.2, -0.15) is 0 Å². The first-order valence-corrected chi connectivity index (χ1v) is 6.77. The average Bonchev–Trinajstić information content (AvgIpc) is 2.68. The van der Waals surface area contributed by atoms with Crippen molar-refractivity contribution in [3.8, 4) is 11.3 Å². The van der Waals surface area contributed by atoms with Crippen LogP contribution in [0.3, 0.4) is 0 Å². The van der Waals surface area contributed by atoms with E-state index in [-0.39, 0.29) is 5.56 Å². The quantitative estimate of drug-likeness (QED) is 0.924. The van der Waals surface area contributed by atoms with E-state index in [2.05, 4.69) is 11.9 Å².